The van der Waals surface area contributed by atoms with Crippen LogP contribution in [0.4, 0.5) is 18.9 Å². The first-order valence-corrected chi connectivity index (χ1v) is 8.85. The summed E-state index contributed by atoms with van der Waals surface area (Å²) in [6.45, 7) is -0.0339. The summed E-state index contributed by atoms with van der Waals surface area (Å²) < 4.78 is 39.0. The summed E-state index contributed by atoms with van der Waals surface area (Å²) in [6, 6.07) is 11.1. The quantitative estimate of drug-likeness (QED) is 0.859. The van der Waals surface area contributed by atoms with E-state index in [1.807, 2.05) is 24.3 Å². The predicted octanol–water partition coefficient (Wildman–Crippen LogP) is 4.13. The Morgan fingerprint density at radius 2 is 2.00 bits per heavy atom. The van der Waals surface area contributed by atoms with Gasteiger partial charge in [-0.05, 0) is 47.1 Å². The number of thioether (sulfide) groups is 1. The van der Waals surface area contributed by atoms with Crippen molar-refractivity contribution in [3.63, 3.8) is 0 Å². The molecule has 7 heteroatoms. The van der Waals surface area contributed by atoms with Gasteiger partial charge in [-0.15, -0.1) is 11.8 Å². The highest BCUT2D eigenvalue weighted by Gasteiger charge is 2.32. The maximum absolute atomic E-state index is 13.0. The van der Waals surface area contributed by atoms with E-state index < -0.39 is 17.0 Å². The molecule has 0 spiro atoms. The van der Waals surface area contributed by atoms with Gasteiger partial charge >= 0.3 is 6.18 Å². The third-order valence-corrected chi connectivity index (χ3v) is 5.30. The van der Waals surface area contributed by atoms with Crippen molar-refractivity contribution in [3.05, 3.63) is 64.7 Å². The zero-order valence-electron chi connectivity index (χ0n) is 13.3. The van der Waals surface area contributed by atoms with E-state index >= 15 is 0 Å². The van der Waals surface area contributed by atoms with Crippen LogP contribution in [0.2, 0.25) is 0 Å². The molecule has 1 amide bonds. The van der Waals surface area contributed by atoms with E-state index in [1.165, 1.54) is 17.8 Å². The van der Waals surface area contributed by atoms with Crippen LogP contribution in [0.1, 0.15) is 27.5 Å². The fraction of sp³-hybridized carbons (Fsp3) is 0.278. The van der Waals surface area contributed by atoms with Crippen molar-refractivity contribution in [1.29, 1.82) is 0 Å². The van der Waals surface area contributed by atoms with E-state index in [0.29, 0.717) is 5.56 Å². The summed E-state index contributed by atoms with van der Waals surface area (Å²) >= 11 is 1.49. The molecule has 0 saturated carbocycles. The van der Waals surface area contributed by atoms with Gasteiger partial charge in [-0.25, -0.2) is 0 Å². The Morgan fingerprint density at radius 1 is 1.24 bits per heavy atom. The van der Waals surface area contributed by atoms with Gasteiger partial charge in [-0.2, -0.15) is 13.2 Å². The van der Waals surface area contributed by atoms with Crippen molar-refractivity contribution in [3.8, 4) is 0 Å². The van der Waals surface area contributed by atoms with Crippen LogP contribution in [0.15, 0.2) is 42.5 Å². The number of hydrogen-bond donors (Lipinski definition) is 2. The molecule has 3 N–H and O–H groups in total. The van der Waals surface area contributed by atoms with Crippen LogP contribution >= 0.6 is 11.8 Å². The van der Waals surface area contributed by atoms with Gasteiger partial charge in [0.25, 0.3) is 0 Å². The minimum atomic E-state index is -4.49. The van der Waals surface area contributed by atoms with E-state index in [9.17, 15) is 18.0 Å². The average molecular weight is 366 g/mol. The minimum Gasteiger partial charge on any atom is -0.326 e. The second-order valence-electron chi connectivity index (χ2n) is 5.81. The third kappa shape index (κ3) is 3.99. The molecular weight excluding hydrogens is 349 g/mol. The smallest absolute Gasteiger partial charge is 0.326 e. The SMILES string of the molecule is NCc1cc(NC(=O)C2SCCc3ccccc32)cc(C(F)(F)F)c1. The van der Waals surface area contributed by atoms with E-state index in [2.05, 4.69) is 5.32 Å². The predicted molar refractivity (Wildman–Crippen MR) is 93.3 cm³/mol. The number of carbonyl (C=O) groups excluding carboxylic acids is 1. The number of nitrogens with two attached hydrogens (primary N) is 1. The zero-order valence-corrected chi connectivity index (χ0v) is 14.1. The molecule has 3 rings (SSSR count). The first kappa shape index (κ1) is 17.8. The zero-order chi connectivity index (χ0) is 18.0. The molecule has 25 heavy (non-hydrogen) atoms. The molecule has 1 aliphatic heterocycles. The fourth-order valence-corrected chi connectivity index (χ4v) is 4.06. The van der Waals surface area contributed by atoms with Crippen molar-refractivity contribution in [2.24, 2.45) is 5.73 Å². The summed E-state index contributed by atoms with van der Waals surface area (Å²) in [7, 11) is 0. The van der Waals surface area contributed by atoms with Gasteiger partial charge in [0.1, 0.15) is 5.25 Å². The number of anilines is 1. The molecule has 0 bridgehead atoms. The number of alkyl halides is 3. The van der Waals surface area contributed by atoms with Gasteiger partial charge in [0.05, 0.1) is 5.56 Å². The number of nitrogens with one attached hydrogen (secondary N) is 1. The van der Waals surface area contributed by atoms with Crippen LogP contribution in [0.25, 0.3) is 0 Å². The van der Waals surface area contributed by atoms with Crippen molar-refractivity contribution in [1.82, 2.24) is 0 Å². The highest BCUT2D eigenvalue weighted by Crippen LogP contribution is 2.38. The molecule has 1 heterocycles. The molecule has 0 aromatic heterocycles. The van der Waals surface area contributed by atoms with Crippen molar-refractivity contribution in [2.75, 3.05) is 11.1 Å². The molecule has 3 nitrogen and oxygen atoms in total. The number of fused-ring (bicyclic) bond motifs is 1. The Hall–Kier alpha value is -1.99. The van der Waals surface area contributed by atoms with Crippen LogP contribution in [0.3, 0.4) is 0 Å². The van der Waals surface area contributed by atoms with E-state index in [1.54, 1.807) is 0 Å². The normalized spacial score (nSPS) is 17.0. The lowest BCUT2D eigenvalue weighted by atomic mass is 10.0. The molecule has 1 aliphatic rings. The van der Waals surface area contributed by atoms with Crippen LogP contribution in [0, 0.1) is 0 Å². The Labute approximate surface area is 147 Å². The molecule has 2 aromatic rings. The Balaban J connectivity index is 1.87. The van der Waals surface area contributed by atoms with Gasteiger partial charge in [0.15, 0.2) is 0 Å². The van der Waals surface area contributed by atoms with E-state index in [4.69, 9.17) is 5.73 Å². The van der Waals surface area contributed by atoms with Gasteiger partial charge in [0, 0.05) is 12.2 Å². The topological polar surface area (TPSA) is 55.1 Å². The molecule has 1 atom stereocenters. The molecule has 2 aromatic carbocycles. The van der Waals surface area contributed by atoms with E-state index in [-0.39, 0.29) is 18.1 Å². The molecule has 0 aliphatic carbocycles. The van der Waals surface area contributed by atoms with Crippen molar-refractivity contribution in [2.45, 2.75) is 24.4 Å². The Bertz CT molecular complexity index is 792. The lowest BCUT2D eigenvalue weighted by Crippen LogP contribution is -2.23. The first-order valence-electron chi connectivity index (χ1n) is 7.80. The number of benzene rings is 2. The summed E-state index contributed by atoms with van der Waals surface area (Å²) in [4.78, 5) is 12.6. The monoisotopic (exact) mass is 366 g/mol. The second-order valence-corrected chi connectivity index (χ2v) is 7.02. The highest BCUT2D eigenvalue weighted by molar-refractivity contribution is 8.00. The molecule has 0 fully saturated rings. The Kier molecular flexibility index (Phi) is 5.06. The van der Waals surface area contributed by atoms with E-state index in [0.717, 1.165) is 35.4 Å². The largest absolute Gasteiger partial charge is 0.416 e. The van der Waals surface area contributed by atoms with Gasteiger partial charge < -0.3 is 11.1 Å². The van der Waals surface area contributed by atoms with Crippen LogP contribution < -0.4 is 11.1 Å². The number of aryl methyl sites for hydroxylation is 1. The first-order chi connectivity index (χ1) is 11.9. The maximum atomic E-state index is 13.0. The number of rotatable bonds is 3. The Morgan fingerprint density at radius 3 is 2.72 bits per heavy atom. The van der Waals surface area contributed by atoms with Crippen molar-refractivity contribution < 1.29 is 18.0 Å². The highest BCUT2D eigenvalue weighted by atomic mass is 32.2. The summed E-state index contributed by atoms with van der Waals surface area (Å²) in [5.74, 6) is 0.477. The molecule has 1 unspecified atom stereocenters. The minimum absolute atomic E-state index is 0.0339. The van der Waals surface area contributed by atoms with Gasteiger partial charge in [0.2, 0.25) is 5.91 Å². The van der Waals surface area contributed by atoms with Crippen LogP contribution in [-0.2, 0) is 23.9 Å². The van der Waals surface area contributed by atoms with Crippen molar-refractivity contribution >= 4 is 23.4 Å². The second kappa shape index (κ2) is 7.09. The maximum Gasteiger partial charge on any atom is 0.416 e. The summed E-state index contributed by atoms with van der Waals surface area (Å²) in [5.41, 5.74) is 7.13. The number of halogens is 3. The molecular formula is C18H17F3N2OS. The lowest BCUT2D eigenvalue weighted by molar-refractivity contribution is -0.137. The van der Waals surface area contributed by atoms with Crippen LogP contribution in [-0.4, -0.2) is 11.7 Å². The van der Waals surface area contributed by atoms with Crippen LogP contribution in [0.5, 0.6) is 0 Å². The van der Waals surface area contributed by atoms with Gasteiger partial charge in [-0.1, -0.05) is 24.3 Å². The molecule has 0 saturated heterocycles. The average Bonchev–Trinajstić information content (AvgIpc) is 2.60. The third-order valence-electron chi connectivity index (χ3n) is 4.05. The summed E-state index contributed by atoms with van der Waals surface area (Å²) in [5, 5.41) is 2.19. The number of carbonyl (C=O) groups is 1. The number of hydrogen-bond acceptors (Lipinski definition) is 3. The summed E-state index contributed by atoms with van der Waals surface area (Å²) in [6.07, 6.45) is -3.61. The molecule has 0 radical (unpaired) electrons. The standard InChI is InChI=1S/C18H17F3N2OS/c19-18(20,21)13-7-11(10-22)8-14(9-13)23-17(24)16-15-4-2-1-3-12(15)5-6-25-16/h1-4,7-9,16H,5-6,10,22H2,(H,23,24). The van der Waals surface area contributed by atoms with Gasteiger partial charge in [-0.3, -0.25) is 4.79 Å². The lowest BCUT2D eigenvalue weighted by Gasteiger charge is -2.24. The number of amides is 1. The molecule has 132 valence electrons. The fourth-order valence-electron chi connectivity index (χ4n) is 2.86.